The van der Waals surface area contributed by atoms with Gasteiger partial charge in [-0.2, -0.15) is 0 Å². The van der Waals surface area contributed by atoms with Gasteiger partial charge in [0.15, 0.2) is 0 Å². The first kappa shape index (κ1) is 16.5. The predicted octanol–water partition coefficient (Wildman–Crippen LogP) is 2.61. The van der Waals surface area contributed by atoms with Gasteiger partial charge in [0.1, 0.15) is 5.75 Å². The molecule has 1 unspecified atom stereocenters. The average molecular weight is 279 g/mol. The van der Waals surface area contributed by atoms with Crippen LogP contribution in [0.3, 0.4) is 0 Å². The molecule has 4 nitrogen and oxygen atoms in total. The van der Waals surface area contributed by atoms with Crippen molar-refractivity contribution in [2.75, 3.05) is 13.2 Å². The number of rotatable bonds is 7. The lowest BCUT2D eigenvalue weighted by molar-refractivity contribution is 0.0518. The van der Waals surface area contributed by atoms with Crippen LogP contribution in [0.1, 0.15) is 44.5 Å². The minimum absolute atomic E-state index is 0.200. The van der Waals surface area contributed by atoms with Gasteiger partial charge in [-0.15, -0.1) is 0 Å². The summed E-state index contributed by atoms with van der Waals surface area (Å²) in [6.45, 7) is 8.59. The zero-order valence-corrected chi connectivity index (χ0v) is 12.8. The van der Waals surface area contributed by atoms with Crippen LogP contribution in [0.15, 0.2) is 24.3 Å². The van der Waals surface area contributed by atoms with Gasteiger partial charge in [0.05, 0.1) is 12.2 Å². The van der Waals surface area contributed by atoms with Crippen LogP contribution in [0.5, 0.6) is 5.75 Å². The number of carbonyl (C=O) groups excluding carboxylic acids is 1. The van der Waals surface area contributed by atoms with E-state index in [4.69, 9.17) is 4.74 Å². The van der Waals surface area contributed by atoms with Crippen LogP contribution in [0.4, 0.5) is 0 Å². The largest absolute Gasteiger partial charge is 0.493 e. The summed E-state index contributed by atoms with van der Waals surface area (Å²) in [4.78, 5) is 12.0. The van der Waals surface area contributed by atoms with Crippen molar-refractivity contribution in [3.8, 4) is 5.75 Å². The Bertz CT molecular complexity index is 441. The summed E-state index contributed by atoms with van der Waals surface area (Å²) < 4.78 is 5.60. The van der Waals surface area contributed by atoms with Crippen LogP contribution >= 0.6 is 0 Å². The second kappa shape index (κ2) is 7.29. The normalized spacial score (nSPS) is 13.9. The molecule has 1 atom stereocenters. The highest BCUT2D eigenvalue weighted by Gasteiger charge is 2.18. The van der Waals surface area contributed by atoms with E-state index in [2.05, 4.69) is 19.2 Å². The van der Waals surface area contributed by atoms with Crippen molar-refractivity contribution in [2.45, 2.75) is 39.7 Å². The van der Waals surface area contributed by atoms with Gasteiger partial charge in [0, 0.05) is 12.1 Å². The van der Waals surface area contributed by atoms with Gasteiger partial charge in [0.25, 0.3) is 5.91 Å². The summed E-state index contributed by atoms with van der Waals surface area (Å²) in [7, 11) is 0. The molecule has 0 heterocycles. The van der Waals surface area contributed by atoms with Crippen molar-refractivity contribution in [3.63, 3.8) is 0 Å². The SMILES string of the molecule is CCC(C)(O)CNC(=O)c1cccc(OCC(C)C)c1. The zero-order valence-electron chi connectivity index (χ0n) is 12.8. The Morgan fingerprint density at radius 2 is 2.15 bits per heavy atom. The van der Waals surface area contributed by atoms with E-state index in [-0.39, 0.29) is 12.5 Å². The van der Waals surface area contributed by atoms with Gasteiger partial charge in [-0.25, -0.2) is 0 Å². The van der Waals surface area contributed by atoms with E-state index in [1.54, 1.807) is 25.1 Å². The quantitative estimate of drug-likeness (QED) is 0.806. The number of nitrogens with one attached hydrogen (secondary N) is 1. The molecule has 1 rings (SSSR count). The number of ether oxygens (including phenoxy) is 1. The fourth-order valence-corrected chi connectivity index (χ4v) is 1.49. The Morgan fingerprint density at radius 3 is 2.75 bits per heavy atom. The van der Waals surface area contributed by atoms with Crippen LogP contribution in [0, 0.1) is 5.92 Å². The maximum Gasteiger partial charge on any atom is 0.251 e. The summed E-state index contributed by atoms with van der Waals surface area (Å²) in [5, 5.41) is 12.6. The van der Waals surface area contributed by atoms with E-state index < -0.39 is 5.60 Å². The molecule has 0 saturated carbocycles. The molecule has 112 valence electrons. The number of amides is 1. The Balaban J connectivity index is 2.62. The number of aliphatic hydroxyl groups is 1. The summed E-state index contributed by atoms with van der Waals surface area (Å²) in [6, 6.07) is 7.08. The molecule has 1 aromatic rings. The molecule has 1 aromatic carbocycles. The molecule has 0 aromatic heterocycles. The number of hydrogen-bond donors (Lipinski definition) is 2. The van der Waals surface area contributed by atoms with Crippen molar-refractivity contribution >= 4 is 5.91 Å². The molecule has 0 spiro atoms. The van der Waals surface area contributed by atoms with Crippen molar-refractivity contribution in [3.05, 3.63) is 29.8 Å². The average Bonchev–Trinajstić information content (AvgIpc) is 2.43. The lowest BCUT2D eigenvalue weighted by atomic mass is 10.0. The van der Waals surface area contributed by atoms with Gasteiger partial charge in [0.2, 0.25) is 0 Å². The number of carbonyl (C=O) groups is 1. The van der Waals surface area contributed by atoms with Crippen LogP contribution in [0.25, 0.3) is 0 Å². The molecule has 20 heavy (non-hydrogen) atoms. The zero-order chi connectivity index (χ0) is 15.2. The molecule has 0 aliphatic rings. The smallest absolute Gasteiger partial charge is 0.251 e. The maximum absolute atomic E-state index is 12.0. The first-order valence-corrected chi connectivity index (χ1v) is 7.07. The third kappa shape index (κ3) is 5.61. The monoisotopic (exact) mass is 279 g/mol. The van der Waals surface area contributed by atoms with Gasteiger partial charge >= 0.3 is 0 Å². The Kier molecular flexibility index (Phi) is 6.02. The number of benzene rings is 1. The highest BCUT2D eigenvalue weighted by molar-refractivity contribution is 5.94. The maximum atomic E-state index is 12.0. The summed E-state index contributed by atoms with van der Waals surface area (Å²) >= 11 is 0. The van der Waals surface area contributed by atoms with Gasteiger partial charge < -0.3 is 15.2 Å². The first-order chi connectivity index (χ1) is 9.34. The molecule has 0 radical (unpaired) electrons. The second-order valence-electron chi connectivity index (χ2n) is 5.77. The Hall–Kier alpha value is -1.55. The van der Waals surface area contributed by atoms with E-state index in [1.165, 1.54) is 0 Å². The van der Waals surface area contributed by atoms with E-state index in [9.17, 15) is 9.90 Å². The first-order valence-electron chi connectivity index (χ1n) is 7.07. The molecule has 2 N–H and O–H groups in total. The van der Waals surface area contributed by atoms with Gasteiger partial charge in [-0.1, -0.05) is 26.8 Å². The molecule has 0 fully saturated rings. The summed E-state index contributed by atoms with van der Waals surface area (Å²) in [5.74, 6) is 0.925. The fraction of sp³-hybridized carbons (Fsp3) is 0.562. The van der Waals surface area contributed by atoms with E-state index in [0.29, 0.717) is 30.3 Å². The van der Waals surface area contributed by atoms with Crippen molar-refractivity contribution in [1.29, 1.82) is 0 Å². The van der Waals surface area contributed by atoms with E-state index >= 15 is 0 Å². The third-order valence-electron chi connectivity index (χ3n) is 3.07. The topological polar surface area (TPSA) is 58.6 Å². The predicted molar refractivity (Wildman–Crippen MR) is 80.0 cm³/mol. The third-order valence-corrected chi connectivity index (χ3v) is 3.07. The summed E-state index contributed by atoms with van der Waals surface area (Å²) in [6.07, 6.45) is 0.588. The second-order valence-corrected chi connectivity index (χ2v) is 5.77. The van der Waals surface area contributed by atoms with Crippen LogP contribution < -0.4 is 10.1 Å². The molecule has 1 amide bonds. The molecular weight excluding hydrogens is 254 g/mol. The van der Waals surface area contributed by atoms with E-state index in [0.717, 1.165) is 0 Å². The summed E-state index contributed by atoms with van der Waals surface area (Å²) in [5.41, 5.74) is -0.334. The van der Waals surface area contributed by atoms with Crippen LogP contribution in [0.2, 0.25) is 0 Å². The van der Waals surface area contributed by atoms with Crippen LogP contribution in [-0.4, -0.2) is 29.8 Å². The van der Waals surface area contributed by atoms with Crippen LogP contribution in [-0.2, 0) is 0 Å². The molecule has 0 aliphatic carbocycles. The number of hydrogen-bond acceptors (Lipinski definition) is 3. The molecule has 0 aliphatic heterocycles. The fourth-order valence-electron chi connectivity index (χ4n) is 1.49. The van der Waals surface area contributed by atoms with Crippen molar-refractivity contribution in [1.82, 2.24) is 5.32 Å². The molecule has 4 heteroatoms. The van der Waals surface area contributed by atoms with Gasteiger partial charge in [-0.05, 0) is 37.5 Å². The minimum Gasteiger partial charge on any atom is -0.493 e. The molecular formula is C16H25NO3. The van der Waals surface area contributed by atoms with E-state index in [1.807, 2.05) is 13.0 Å². The molecule has 0 saturated heterocycles. The van der Waals surface area contributed by atoms with Crippen molar-refractivity contribution in [2.24, 2.45) is 5.92 Å². The highest BCUT2D eigenvalue weighted by Crippen LogP contribution is 2.15. The molecule has 0 bridgehead atoms. The Labute approximate surface area is 121 Å². The Morgan fingerprint density at radius 1 is 1.45 bits per heavy atom. The lowest BCUT2D eigenvalue weighted by Crippen LogP contribution is -2.40. The van der Waals surface area contributed by atoms with Crippen molar-refractivity contribution < 1.29 is 14.6 Å². The standard InChI is InChI=1S/C16H25NO3/c1-5-16(4,19)11-17-15(18)13-7-6-8-14(9-13)20-10-12(2)3/h6-9,12,19H,5,10-11H2,1-4H3,(H,17,18). The lowest BCUT2D eigenvalue weighted by Gasteiger charge is -2.21. The van der Waals surface area contributed by atoms with Gasteiger partial charge in [-0.3, -0.25) is 4.79 Å². The minimum atomic E-state index is -0.874. The highest BCUT2D eigenvalue weighted by atomic mass is 16.5.